The molecule has 2 aromatic carbocycles. The normalized spacial score (nSPS) is 38.9. The summed E-state index contributed by atoms with van der Waals surface area (Å²) < 4.78 is 31.0. The van der Waals surface area contributed by atoms with E-state index in [2.05, 4.69) is 48.5 Å². The number of ketones is 2. The lowest BCUT2D eigenvalue weighted by Crippen LogP contribution is -2.57. The van der Waals surface area contributed by atoms with Crippen molar-refractivity contribution in [3.63, 3.8) is 0 Å². The highest BCUT2D eigenvalue weighted by Crippen LogP contribution is 2.67. The molecule has 11 nitrogen and oxygen atoms in total. The van der Waals surface area contributed by atoms with Crippen LogP contribution in [0, 0.1) is 70.0 Å². The van der Waals surface area contributed by atoms with Gasteiger partial charge in [0.15, 0.2) is 12.4 Å². The van der Waals surface area contributed by atoms with Gasteiger partial charge in [0.2, 0.25) is 0 Å². The molecular weight excluding hydrogens is 941 g/mol. The summed E-state index contributed by atoms with van der Waals surface area (Å²) in [5.41, 5.74) is 0.783. The quantitative estimate of drug-likeness (QED) is 0.154. The number of carbonyl (C=O) groups is 4. The largest absolute Gasteiger partial charge is 0.454 e. The number of aliphatic hydroxyl groups excluding tert-OH is 2. The van der Waals surface area contributed by atoms with Gasteiger partial charge in [-0.2, -0.15) is 0 Å². The maximum atomic E-state index is 14.0. The predicted octanol–water partition coefficient (Wildman–Crippen LogP) is 11.9. The van der Waals surface area contributed by atoms with E-state index >= 15 is 0 Å². The van der Waals surface area contributed by atoms with E-state index in [9.17, 15) is 29.4 Å². The highest BCUT2D eigenvalue weighted by Gasteiger charge is 2.63. The molecule has 2 aromatic rings. The van der Waals surface area contributed by atoms with E-state index in [-0.39, 0.29) is 76.4 Å². The molecule has 0 aromatic heterocycles. The van der Waals surface area contributed by atoms with Crippen molar-refractivity contribution in [2.75, 3.05) is 6.61 Å². The molecule has 73 heavy (non-hydrogen) atoms. The molecule has 8 rings (SSSR count). The number of Topliss-reactive ketones (excluding diaryl/α,β-unsaturated/α-hetero) is 2. The SMILES string of the molecule is CCC1O[C@@H](OC[C@@H](C)CCC(=O)[C@@H](C)C2C(=O)CC3C4CCC5CC(O)CCC5(C)C4CCC32C)C(OC(=O)c2ccccc2)[C@@H](OC(=O)c2ccccc2)[C@@H]1C.CCC1O[C@@H](SC(C)C)C(O)[C@@H](C)[C@@H]1C. The van der Waals surface area contributed by atoms with Crippen LogP contribution in [0.2, 0.25) is 0 Å². The molecular formula is C61H90O11S. The van der Waals surface area contributed by atoms with E-state index in [1.807, 2.05) is 39.8 Å². The summed E-state index contributed by atoms with van der Waals surface area (Å²) in [5, 5.41) is 21.1. The lowest BCUT2D eigenvalue weighted by atomic mass is 9.44. The molecule has 6 fully saturated rings. The Morgan fingerprint density at radius 1 is 0.740 bits per heavy atom. The number of aliphatic hydroxyl groups is 2. The predicted molar refractivity (Wildman–Crippen MR) is 286 cm³/mol. The topological polar surface area (TPSA) is 155 Å². The Morgan fingerprint density at radius 3 is 1.93 bits per heavy atom. The lowest BCUT2D eigenvalue weighted by Gasteiger charge is -2.61. The molecule has 0 radical (unpaired) electrons. The Labute approximate surface area is 441 Å². The fraction of sp³-hybridized carbons (Fsp3) is 0.738. The monoisotopic (exact) mass is 1030 g/mol. The fourth-order valence-electron chi connectivity index (χ4n) is 14.7. The summed E-state index contributed by atoms with van der Waals surface area (Å²) in [6, 6.07) is 17.4. The van der Waals surface area contributed by atoms with Crippen molar-refractivity contribution in [3.8, 4) is 0 Å². The van der Waals surface area contributed by atoms with Crippen molar-refractivity contribution in [2.45, 2.75) is 207 Å². The van der Waals surface area contributed by atoms with Crippen LogP contribution >= 0.6 is 11.8 Å². The van der Waals surface area contributed by atoms with E-state index in [0.29, 0.717) is 83.7 Å². The first kappa shape index (κ1) is 57.6. The van der Waals surface area contributed by atoms with Crippen molar-refractivity contribution in [1.82, 2.24) is 0 Å². The van der Waals surface area contributed by atoms with Crippen molar-refractivity contribution in [1.29, 1.82) is 0 Å². The highest BCUT2D eigenvalue weighted by atomic mass is 32.2. The van der Waals surface area contributed by atoms with Crippen LogP contribution < -0.4 is 0 Å². The van der Waals surface area contributed by atoms with Crippen LogP contribution in [-0.4, -0.2) is 93.9 Å². The van der Waals surface area contributed by atoms with Crippen LogP contribution in [0.3, 0.4) is 0 Å². The van der Waals surface area contributed by atoms with Gasteiger partial charge in [0.25, 0.3) is 0 Å². The van der Waals surface area contributed by atoms with Gasteiger partial charge in [-0.25, -0.2) is 9.59 Å². The standard InChI is InChI=1S/C49H66O9.C12H24O2S/c1-7-41-31(4)43(57-45(53)32-14-10-8-11-15-32)44(58-46(54)33-16-12-9-13-17-33)47(56-41)55-28-29(2)18-21-39(51)30(3)42-40(52)27-38-36-20-19-34-26-35(50)22-24-48(34,5)37(36)23-25-49(38,42)6;1-6-10-8(4)9(5)11(13)12(14-10)15-7(2)3/h8-17,29-31,34-38,41-44,47,50H,7,18-28H2,1-6H3;7-13H,6H2,1-5H3/t29-,30+,31+,34?,35?,36?,37?,38?,41?,42?,43-,44?,47+,48?,49?;8-,9-,10?,11?,12-/m00/s1. The second-order valence-electron chi connectivity index (χ2n) is 24.1. The lowest BCUT2D eigenvalue weighted by molar-refractivity contribution is -0.284. The number of ether oxygens (including phenoxy) is 5. The molecule has 2 aliphatic heterocycles. The van der Waals surface area contributed by atoms with E-state index in [1.54, 1.807) is 60.3 Å². The number of esters is 2. The van der Waals surface area contributed by atoms with Gasteiger partial charge in [-0.3, -0.25) is 9.59 Å². The maximum Gasteiger partial charge on any atom is 0.338 e. The molecule has 2 heterocycles. The first-order valence-corrected chi connectivity index (χ1v) is 29.2. The van der Waals surface area contributed by atoms with Gasteiger partial charge in [-0.05, 0) is 141 Å². The maximum absolute atomic E-state index is 14.0. The summed E-state index contributed by atoms with van der Waals surface area (Å²) in [6.45, 7) is 23.7. The summed E-state index contributed by atoms with van der Waals surface area (Å²) in [5.74, 6) is 1.14. The molecule has 0 spiro atoms. The zero-order valence-electron chi connectivity index (χ0n) is 45.9. The minimum Gasteiger partial charge on any atom is -0.454 e. The highest BCUT2D eigenvalue weighted by molar-refractivity contribution is 8.00. The third-order valence-corrected chi connectivity index (χ3v) is 20.5. The van der Waals surface area contributed by atoms with Gasteiger partial charge in [-0.15, -0.1) is 11.8 Å². The molecule has 12 unspecified atom stereocenters. The zero-order valence-corrected chi connectivity index (χ0v) is 46.7. The summed E-state index contributed by atoms with van der Waals surface area (Å²) in [7, 11) is 0. The first-order valence-electron chi connectivity index (χ1n) is 28.2. The number of hydrogen-bond acceptors (Lipinski definition) is 12. The van der Waals surface area contributed by atoms with E-state index in [0.717, 1.165) is 51.4 Å². The number of rotatable bonds is 16. The van der Waals surface area contributed by atoms with Gasteiger partial charge in [0.05, 0.1) is 42.1 Å². The van der Waals surface area contributed by atoms with Gasteiger partial charge < -0.3 is 33.9 Å². The third-order valence-electron chi connectivity index (χ3n) is 19.3. The van der Waals surface area contributed by atoms with Crippen LogP contribution in [0.15, 0.2) is 60.7 Å². The van der Waals surface area contributed by atoms with E-state index < -0.39 is 30.4 Å². The summed E-state index contributed by atoms with van der Waals surface area (Å²) >= 11 is 1.74. The average Bonchev–Trinajstić information content (AvgIpc) is 3.66. The Bertz CT molecular complexity index is 2130. The minimum atomic E-state index is -1.04. The second kappa shape index (κ2) is 24.9. The molecule has 12 heteroatoms. The fourth-order valence-corrected chi connectivity index (χ4v) is 15.8. The smallest absolute Gasteiger partial charge is 0.338 e. The van der Waals surface area contributed by atoms with Crippen molar-refractivity contribution < 1.29 is 53.1 Å². The van der Waals surface area contributed by atoms with Crippen LogP contribution in [0.5, 0.6) is 0 Å². The zero-order chi connectivity index (χ0) is 52.9. The van der Waals surface area contributed by atoms with E-state index in [1.165, 1.54) is 0 Å². The van der Waals surface area contributed by atoms with Crippen molar-refractivity contribution in [2.24, 2.45) is 70.0 Å². The van der Waals surface area contributed by atoms with Gasteiger partial charge in [0, 0.05) is 35.8 Å². The number of benzene rings is 2. The van der Waals surface area contributed by atoms with Crippen LogP contribution in [0.25, 0.3) is 0 Å². The molecule has 4 saturated carbocycles. The number of fused-ring (bicyclic) bond motifs is 5. The Hall–Kier alpha value is -3.13. The third kappa shape index (κ3) is 12.7. The van der Waals surface area contributed by atoms with Crippen LogP contribution in [0.1, 0.15) is 174 Å². The van der Waals surface area contributed by atoms with Gasteiger partial charge >= 0.3 is 11.9 Å². The van der Waals surface area contributed by atoms with E-state index in [4.69, 9.17) is 23.7 Å². The van der Waals surface area contributed by atoms with Gasteiger partial charge in [-0.1, -0.05) is 113 Å². The molecule has 2 saturated heterocycles. The number of carbonyl (C=O) groups excluding carboxylic acids is 4. The summed E-state index contributed by atoms with van der Waals surface area (Å²) in [6.07, 6.45) is 7.01. The van der Waals surface area contributed by atoms with Crippen LogP contribution in [0.4, 0.5) is 0 Å². The summed E-state index contributed by atoms with van der Waals surface area (Å²) in [4.78, 5) is 54.8. The molecule has 2 N–H and O–H groups in total. The van der Waals surface area contributed by atoms with Gasteiger partial charge in [0.1, 0.15) is 23.1 Å². The number of thioether (sulfide) groups is 1. The van der Waals surface area contributed by atoms with Crippen molar-refractivity contribution in [3.05, 3.63) is 71.8 Å². The minimum absolute atomic E-state index is 0.0406. The molecule has 20 atom stereocenters. The molecule has 0 amide bonds. The molecule has 406 valence electrons. The Kier molecular flexibility index (Phi) is 19.6. The molecule has 6 aliphatic rings. The first-order chi connectivity index (χ1) is 34.7. The van der Waals surface area contributed by atoms with Crippen molar-refractivity contribution >= 4 is 35.3 Å². The molecule has 4 aliphatic carbocycles. The van der Waals surface area contributed by atoms with Crippen LogP contribution in [-0.2, 0) is 33.3 Å². The Balaban J connectivity index is 0.000000447. The second-order valence-corrected chi connectivity index (χ2v) is 25.8. The Morgan fingerprint density at radius 2 is 1.33 bits per heavy atom. The number of hydrogen-bond donors (Lipinski definition) is 2. The molecule has 0 bridgehead atoms. The average molecular weight is 1030 g/mol.